The van der Waals surface area contributed by atoms with Crippen LogP contribution in [0.1, 0.15) is 43.2 Å². The molecule has 0 spiro atoms. The topological polar surface area (TPSA) is 116 Å². The molecule has 1 aromatic heterocycles. The van der Waals surface area contributed by atoms with Gasteiger partial charge in [0.2, 0.25) is 11.9 Å². The lowest BCUT2D eigenvalue weighted by Gasteiger charge is -2.59. The van der Waals surface area contributed by atoms with Gasteiger partial charge in [0.15, 0.2) is 9.84 Å². The zero-order valence-corrected chi connectivity index (χ0v) is 26.0. The summed E-state index contributed by atoms with van der Waals surface area (Å²) in [7, 11) is -2.94. The van der Waals surface area contributed by atoms with E-state index in [4.69, 9.17) is 4.98 Å². The molecule has 9 nitrogen and oxygen atoms in total. The van der Waals surface area contributed by atoms with Crippen molar-refractivity contribution in [3.8, 4) is 0 Å². The van der Waals surface area contributed by atoms with Crippen LogP contribution >= 0.6 is 0 Å². The summed E-state index contributed by atoms with van der Waals surface area (Å²) < 4.78 is 37.5. The Hall–Kier alpha value is -3.73. The first-order valence-electron chi connectivity index (χ1n) is 15.6. The van der Waals surface area contributed by atoms with Crippen LogP contribution in [0.4, 0.5) is 33.2 Å². The molecule has 4 aliphatic carbocycles. The van der Waals surface area contributed by atoms with Crippen LogP contribution in [0, 0.1) is 42.8 Å². The lowest BCUT2D eigenvalue weighted by Crippen LogP contribution is -2.59. The maximum atomic E-state index is 13.8. The number of carbonyl (C=O) groups excluding carboxylic acids is 1. The number of nitrogens with one attached hydrogen (secondary N) is 3. The maximum absolute atomic E-state index is 13.8. The highest BCUT2D eigenvalue weighted by Gasteiger charge is 2.58. The van der Waals surface area contributed by atoms with Crippen LogP contribution in [0.2, 0.25) is 0 Å². The summed E-state index contributed by atoms with van der Waals surface area (Å²) in [6.45, 7) is 5.06. The van der Waals surface area contributed by atoms with E-state index in [9.17, 15) is 17.6 Å². The number of anilines is 5. The lowest BCUT2D eigenvalue weighted by molar-refractivity contribution is -0.141. The Kier molecular flexibility index (Phi) is 7.26. The summed E-state index contributed by atoms with van der Waals surface area (Å²) in [5.41, 5.74) is 4.05. The first-order chi connectivity index (χ1) is 21.1. The summed E-state index contributed by atoms with van der Waals surface area (Å²) in [6, 6.07) is 12.4. The van der Waals surface area contributed by atoms with Gasteiger partial charge in [-0.3, -0.25) is 4.79 Å². The maximum Gasteiger partial charge on any atom is 0.230 e. The van der Waals surface area contributed by atoms with Crippen molar-refractivity contribution in [2.24, 2.45) is 23.2 Å². The first kappa shape index (κ1) is 29.0. The van der Waals surface area contributed by atoms with E-state index in [0.29, 0.717) is 42.5 Å². The van der Waals surface area contributed by atoms with E-state index < -0.39 is 15.3 Å². The number of sulfone groups is 1. The van der Waals surface area contributed by atoms with Crippen molar-refractivity contribution >= 4 is 44.6 Å². The standard InChI is InChI=1S/C33H39FN6O3S/c1-20-12-27(6-7-28(20)40-8-10-44(42,43)11-9-40)37-32-35-19-21(2)30(39-32)38-29-23-13-22-14-24(29)18-33(16-22,17-23)31(41)36-26-5-3-4-25(34)15-26/h3-7,12,15,19,22-24,29H,8-11,13-14,16-18H2,1-2H3,(H,36,41)(H2,35,37,38,39)/t22?,23?,24?,29-,33-. The van der Waals surface area contributed by atoms with Crippen LogP contribution in [0.3, 0.4) is 0 Å². The lowest BCUT2D eigenvalue weighted by atomic mass is 9.47. The van der Waals surface area contributed by atoms with Crippen molar-refractivity contribution in [1.29, 1.82) is 0 Å². The molecule has 232 valence electrons. The van der Waals surface area contributed by atoms with Crippen LogP contribution < -0.4 is 20.9 Å². The van der Waals surface area contributed by atoms with Crippen LogP contribution in [0.5, 0.6) is 0 Å². The van der Waals surface area contributed by atoms with E-state index in [-0.39, 0.29) is 29.3 Å². The molecule has 2 unspecified atom stereocenters. The monoisotopic (exact) mass is 618 g/mol. The fourth-order valence-electron chi connectivity index (χ4n) is 8.34. The second-order valence-electron chi connectivity index (χ2n) is 13.4. The van der Waals surface area contributed by atoms with E-state index in [1.807, 2.05) is 38.2 Å². The minimum Gasteiger partial charge on any atom is -0.369 e. The molecule has 1 saturated heterocycles. The van der Waals surface area contributed by atoms with Crippen LogP contribution in [-0.2, 0) is 14.6 Å². The molecule has 5 aliphatic rings. The molecule has 11 heteroatoms. The highest BCUT2D eigenvalue weighted by atomic mass is 32.2. The Bertz CT molecular complexity index is 1690. The van der Waals surface area contributed by atoms with Gasteiger partial charge in [-0.1, -0.05) is 6.07 Å². The van der Waals surface area contributed by atoms with Crippen LogP contribution in [-0.4, -0.2) is 54.9 Å². The molecule has 1 amide bonds. The summed E-state index contributed by atoms with van der Waals surface area (Å²) in [4.78, 5) is 25.1. The molecule has 1 aliphatic heterocycles. The van der Waals surface area contributed by atoms with Crippen molar-refractivity contribution in [1.82, 2.24) is 9.97 Å². The quantitative estimate of drug-likeness (QED) is 0.320. The number of aromatic nitrogens is 2. The number of rotatable bonds is 7. The van der Waals surface area contributed by atoms with Crippen molar-refractivity contribution in [3.63, 3.8) is 0 Å². The molecular weight excluding hydrogens is 579 g/mol. The number of benzene rings is 2. The molecule has 4 saturated carbocycles. The van der Waals surface area contributed by atoms with Gasteiger partial charge in [0, 0.05) is 48.0 Å². The Morgan fingerprint density at radius 2 is 1.73 bits per heavy atom. The third kappa shape index (κ3) is 5.62. The number of carbonyl (C=O) groups is 1. The van der Waals surface area contributed by atoms with Crippen molar-refractivity contribution in [3.05, 3.63) is 65.6 Å². The predicted molar refractivity (Wildman–Crippen MR) is 171 cm³/mol. The Labute approximate surface area is 258 Å². The SMILES string of the molecule is Cc1cc(Nc2ncc(C)c(N[C@H]3C4CC5CC3C[C@](C(=O)Nc3cccc(F)c3)(C5)C4)n2)ccc1N1CCS(=O)(=O)CC1. The molecule has 3 aromatic rings. The van der Waals surface area contributed by atoms with Gasteiger partial charge in [0.25, 0.3) is 0 Å². The molecule has 5 fully saturated rings. The second-order valence-corrected chi connectivity index (χ2v) is 15.7. The van der Waals surface area contributed by atoms with E-state index >= 15 is 0 Å². The Balaban J connectivity index is 1.03. The summed E-state index contributed by atoms with van der Waals surface area (Å²) in [5, 5.41) is 10.1. The van der Waals surface area contributed by atoms with E-state index in [0.717, 1.165) is 60.4 Å². The Morgan fingerprint density at radius 1 is 0.977 bits per heavy atom. The van der Waals surface area contributed by atoms with E-state index in [1.54, 1.807) is 12.1 Å². The molecule has 2 aromatic carbocycles. The fourth-order valence-corrected chi connectivity index (χ4v) is 9.55. The zero-order chi connectivity index (χ0) is 30.6. The summed E-state index contributed by atoms with van der Waals surface area (Å²) in [6.07, 6.45) is 6.59. The van der Waals surface area contributed by atoms with Gasteiger partial charge in [-0.25, -0.2) is 17.8 Å². The summed E-state index contributed by atoms with van der Waals surface area (Å²) in [5.74, 6) is 2.62. The van der Waals surface area contributed by atoms with Crippen LogP contribution in [0.15, 0.2) is 48.7 Å². The minimum atomic E-state index is -2.94. The van der Waals surface area contributed by atoms with Gasteiger partial charge in [-0.2, -0.15) is 4.98 Å². The molecule has 44 heavy (non-hydrogen) atoms. The largest absolute Gasteiger partial charge is 0.369 e. The van der Waals surface area contributed by atoms with Gasteiger partial charge in [0.1, 0.15) is 11.6 Å². The highest BCUT2D eigenvalue weighted by molar-refractivity contribution is 7.91. The molecular formula is C33H39FN6O3S. The van der Waals surface area contributed by atoms with E-state index in [1.165, 1.54) is 12.1 Å². The van der Waals surface area contributed by atoms with Gasteiger partial charge < -0.3 is 20.9 Å². The number of aryl methyl sites for hydroxylation is 2. The number of hydrogen-bond acceptors (Lipinski definition) is 8. The third-order valence-electron chi connectivity index (χ3n) is 10.3. The first-order valence-corrected chi connectivity index (χ1v) is 17.4. The molecule has 2 heterocycles. The number of hydrogen-bond donors (Lipinski definition) is 3. The van der Waals surface area contributed by atoms with E-state index in [2.05, 4.69) is 25.8 Å². The van der Waals surface area contributed by atoms with Crippen molar-refractivity contribution in [2.45, 2.75) is 52.0 Å². The molecule has 4 bridgehead atoms. The predicted octanol–water partition coefficient (Wildman–Crippen LogP) is 5.46. The smallest absolute Gasteiger partial charge is 0.230 e. The van der Waals surface area contributed by atoms with Gasteiger partial charge in [-0.15, -0.1) is 0 Å². The van der Waals surface area contributed by atoms with Crippen molar-refractivity contribution < 1.29 is 17.6 Å². The number of nitrogens with zero attached hydrogens (tertiary/aromatic N) is 3. The summed E-state index contributed by atoms with van der Waals surface area (Å²) >= 11 is 0. The highest BCUT2D eigenvalue weighted by Crippen LogP contribution is 2.61. The van der Waals surface area contributed by atoms with Gasteiger partial charge >= 0.3 is 0 Å². The minimum absolute atomic E-state index is 0.0253. The number of halogens is 1. The van der Waals surface area contributed by atoms with Gasteiger partial charge in [0.05, 0.1) is 16.9 Å². The average Bonchev–Trinajstić information content (AvgIpc) is 2.97. The third-order valence-corrected chi connectivity index (χ3v) is 11.9. The van der Waals surface area contributed by atoms with Crippen molar-refractivity contribution in [2.75, 3.05) is 45.4 Å². The Morgan fingerprint density at radius 3 is 2.43 bits per heavy atom. The second kappa shape index (κ2) is 11.0. The number of amides is 1. The zero-order valence-electron chi connectivity index (χ0n) is 25.1. The molecule has 2 atom stereocenters. The molecule has 0 radical (unpaired) electrons. The van der Waals surface area contributed by atoms with Crippen LogP contribution in [0.25, 0.3) is 0 Å². The molecule has 3 N–H and O–H groups in total. The fraction of sp³-hybridized carbons (Fsp3) is 0.485. The average molecular weight is 619 g/mol. The normalized spacial score (nSPS) is 28.5. The molecule has 8 rings (SSSR count). The van der Waals surface area contributed by atoms with Gasteiger partial charge in [-0.05, 0) is 106 Å².